The van der Waals surface area contributed by atoms with Crippen LogP contribution < -0.4 is 9.47 Å². The lowest BCUT2D eigenvalue weighted by Gasteiger charge is -2.13. The molecule has 0 atom stereocenters. The first-order chi connectivity index (χ1) is 10.1. The molecular formula is C20H26O2. The van der Waals surface area contributed by atoms with Crippen molar-refractivity contribution < 1.29 is 9.47 Å². The van der Waals surface area contributed by atoms with E-state index in [0.29, 0.717) is 0 Å². The molecule has 118 valence electrons. The maximum absolute atomic E-state index is 5.46. The van der Waals surface area contributed by atoms with Crippen molar-refractivity contribution in [1.29, 1.82) is 0 Å². The molecule has 0 aliphatic heterocycles. The van der Waals surface area contributed by atoms with Gasteiger partial charge in [-0.05, 0) is 53.7 Å². The van der Waals surface area contributed by atoms with E-state index in [0.717, 1.165) is 22.6 Å². The monoisotopic (exact) mass is 298 g/mol. The third-order valence-corrected chi connectivity index (χ3v) is 2.69. The topological polar surface area (TPSA) is 18.5 Å². The number of methoxy groups -OCH3 is 2. The Morgan fingerprint density at radius 1 is 0.682 bits per heavy atom. The fraction of sp³-hybridized carbons (Fsp3) is 0.500. The van der Waals surface area contributed by atoms with Crippen LogP contribution in [0.5, 0.6) is 11.5 Å². The van der Waals surface area contributed by atoms with E-state index in [4.69, 9.17) is 9.47 Å². The van der Waals surface area contributed by atoms with Crippen LogP contribution in [0, 0.1) is 34.5 Å². The van der Waals surface area contributed by atoms with Gasteiger partial charge in [0.1, 0.15) is 11.5 Å². The molecule has 0 fully saturated rings. The summed E-state index contributed by atoms with van der Waals surface area (Å²) in [7, 11) is 3.29. The van der Waals surface area contributed by atoms with Crippen LogP contribution in [-0.4, -0.2) is 14.2 Å². The van der Waals surface area contributed by atoms with E-state index < -0.39 is 0 Å². The fourth-order valence-corrected chi connectivity index (χ4v) is 1.65. The Morgan fingerprint density at radius 2 is 1.00 bits per heavy atom. The van der Waals surface area contributed by atoms with Crippen molar-refractivity contribution >= 4 is 0 Å². The van der Waals surface area contributed by atoms with Gasteiger partial charge in [0, 0.05) is 10.8 Å². The second kappa shape index (κ2) is 6.80. The number of rotatable bonds is 2. The van der Waals surface area contributed by atoms with Crippen LogP contribution in [0.25, 0.3) is 0 Å². The van der Waals surface area contributed by atoms with Gasteiger partial charge in [-0.3, -0.25) is 0 Å². The molecule has 0 unspecified atom stereocenters. The van der Waals surface area contributed by atoms with Gasteiger partial charge in [0.25, 0.3) is 0 Å². The normalized spacial score (nSPS) is 10.9. The van der Waals surface area contributed by atoms with Crippen molar-refractivity contribution in [3.05, 3.63) is 23.3 Å². The van der Waals surface area contributed by atoms with E-state index in [2.05, 4.69) is 65.2 Å². The summed E-state index contributed by atoms with van der Waals surface area (Å²) in [6.07, 6.45) is 0. The molecule has 0 N–H and O–H groups in total. The van der Waals surface area contributed by atoms with E-state index in [1.807, 2.05) is 12.1 Å². The van der Waals surface area contributed by atoms with Gasteiger partial charge in [0.15, 0.2) is 0 Å². The number of hydrogen-bond acceptors (Lipinski definition) is 2. The van der Waals surface area contributed by atoms with Crippen LogP contribution >= 0.6 is 0 Å². The first-order valence-corrected chi connectivity index (χ1v) is 7.39. The van der Waals surface area contributed by atoms with Gasteiger partial charge in [-0.2, -0.15) is 0 Å². The van der Waals surface area contributed by atoms with Crippen LogP contribution in [0.4, 0.5) is 0 Å². The molecule has 0 aliphatic rings. The maximum atomic E-state index is 5.46. The number of ether oxygens (including phenoxy) is 2. The summed E-state index contributed by atoms with van der Waals surface area (Å²) in [6, 6.07) is 3.74. The minimum Gasteiger partial charge on any atom is -0.495 e. The molecule has 0 aliphatic carbocycles. The average Bonchev–Trinajstić information content (AvgIpc) is 2.40. The SMILES string of the molecule is COc1ccc(OC)c(C#CC(C)(C)C)c1C#CC(C)(C)C. The largest absolute Gasteiger partial charge is 0.495 e. The Labute approximate surface area is 135 Å². The van der Waals surface area contributed by atoms with E-state index in [1.54, 1.807) is 14.2 Å². The van der Waals surface area contributed by atoms with Gasteiger partial charge >= 0.3 is 0 Å². The summed E-state index contributed by atoms with van der Waals surface area (Å²) in [5.74, 6) is 14.4. The Bertz CT molecular complexity index is 589. The quantitative estimate of drug-likeness (QED) is 0.748. The zero-order valence-corrected chi connectivity index (χ0v) is 15.0. The Balaban J connectivity index is 3.60. The summed E-state index contributed by atoms with van der Waals surface area (Å²) in [4.78, 5) is 0. The van der Waals surface area contributed by atoms with Crippen molar-refractivity contribution in [3.63, 3.8) is 0 Å². The van der Waals surface area contributed by atoms with Crippen LogP contribution in [0.15, 0.2) is 12.1 Å². The van der Waals surface area contributed by atoms with E-state index in [-0.39, 0.29) is 10.8 Å². The molecule has 1 aromatic carbocycles. The molecule has 0 heterocycles. The van der Waals surface area contributed by atoms with Crippen LogP contribution in [0.2, 0.25) is 0 Å². The predicted molar refractivity (Wildman–Crippen MR) is 92.2 cm³/mol. The van der Waals surface area contributed by atoms with Crippen LogP contribution in [-0.2, 0) is 0 Å². The fourth-order valence-electron chi connectivity index (χ4n) is 1.65. The van der Waals surface area contributed by atoms with Gasteiger partial charge < -0.3 is 9.47 Å². The molecule has 0 spiro atoms. The number of benzene rings is 1. The average molecular weight is 298 g/mol. The molecule has 1 aromatic rings. The summed E-state index contributed by atoms with van der Waals surface area (Å²) >= 11 is 0. The lowest BCUT2D eigenvalue weighted by molar-refractivity contribution is 0.401. The first kappa shape index (κ1) is 18.0. The van der Waals surface area contributed by atoms with Crippen LogP contribution in [0.3, 0.4) is 0 Å². The smallest absolute Gasteiger partial charge is 0.136 e. The molecule has 2 nitrogen and oxygen atoms in total. The lowest BCUT2D eigenvalue weighted by Crippen LogP contribution is -2.02. The second-order valence-electron chi connectivity index (χ2n) is 7.22. The van der Waals surface area contributed by atoms with Crippen molar-refractivity contribution in [2.24, 2.45) is 10.8 Å². The summed E-state index contributed by atoms with van der Waals surface area (Å²) < 4.78 is 10.9. The minimum absolute atomic E-state index is 0.0944. The highest BCUT2D eigenvalue weighted by atomic mass is 16.5. The minimum atomic E-state index is -0.0944. The Morgan fingerprint density at radius 3 is 1.23 bits per heavy atom. The van der Waals surface area contributed by atoms with Gasteiger partial charge in [0.05, 0.1) is 25.3 Å². The first-order valence-electron chi connectivity index (χ1n) is 7.39. The number of hydrogen-bond donors (Lipinski definition) is 0. The molecule has 0 saturated carbocycles. The van der Waals surface area contributed by atoms with Gasteiger partial charge in [0.2, 0.25) is 0 Å². The van der Waals surface area contributed by atoms with Crippen molar-refractivity contribution in [2.45, 2.75) is 41.5 Å². The molecule has 0 amide bonds. The van der Waals surface area contributed by atoms with Crippen molar-refractivity contribution in [1.82, 2.24) is 0 Å². The highest BCUT2D eigenvalue weighted by Crippen LogP contribution is 2.30. The van der Waals surface area contributed by atoms with Gasteiger partial charge in [-0.25, -0.2) is 0 Å². The molecule has 1 rings (SSSR count). The molecule has 0 aromatic heterocycles. The Kier molecular flexibility index (Phi) is 5.56. The zero-order chi connectivity index (χ0) is 17.0. The van der Waals surface area contributed by atoms with Gasteiger partial charge in [-0.1, -0.05) is 23.7 Å². The van der Waals surface area contributed by atoms with Crippen LogP contribution in [0.1, 0.15) is 52.7 Å². The predicted octanol–water partition coefficient (Wildman–Crippen LogP) is 4.50. The zero-order valence-electron chi connectivity index (χ0n) is 15.0. The summed E-state index contributed by atoms with van der Waals surface area (Å²) in [5.41, 5.74) is 1.38. The molecular weight excluding hydrogens is 272 g/mol. The second-order valence-corrected chi connectivity index (χ2v) is 7.22. The molecule has 0 saturated heterocycles. The highest BCUT2D eigenvalue weighted by Gasteiger charge is 2.14. The maximum Gasteiger partial charge on any atom is 0.136 e. The summed E-state index contributed by atoms with van der Waals surface area (Å²) in [5, 5.41) is 0. The molecule has 2 heteroatoms. The third-order valence-electron chi connectivity index (χ3n) is 2.69. The molecule has 0 bridgehead atoms. The van der Waals surface area contributed by atoms with Crippen molar-refractivity contribution in [3.8, 4) is 35.2 Å². The molecule has 22 heavy (non-hydrogen) atoms. The third kappa shape index (κ3) is 5.38. The summed E-state index contributed by atoms with van der Waals surface area (Å²) in [6.45, 7) is 12.5. The molecule has 0 radical (unpaired) electrons. The standard InChI is InChI=1S/C20H26O2/c1-19(2,3)13-11-15-16(12-14-20(4,5)6)18(22-8)10-9-17(15)21-7/h9-10H,1-8H3. The van der Waals surface area contributed by atoms with E-state index in [1.165, 1.54) is 0 Å². The lowest BCUT2D eigenvalue weighted by atomic mass is 9.94. The Hall–Kier alpha value is -2.06. The van der Waals surface area contributed by atoms with E-state index >= 15 is 0 Å². The van der Waals surface area contributed by atoms with Crippen molar-refractivity contribution in [2.75, 3.05) is 14.2 Å². The highest BCUT2D eigenvalue weighted by molar-refractivity contribution is 5.63. The van der Waals surface area contributed by atoms with Gasteiger partial charge in [-0.15, -0.1) is 0 Å². The van der Waals surface area contributed by atoms with E-state index in [9.17, 15) is 0 Å².